The molecule has 1 saturated heterocycles. The van der Waals surface area contributed by atoms with Gasteiger partial charge in [-0.1, -0.05) is 29.8 Å². The summed E-state index contributed by atoms with van der Waals surface area (Å²) in [4.78, 5) is 38.5. The van der Waals surface area contributed by atoms with Gasteiger partial charge in [-0.25, -0.2) is 0 Å². The molecule has 134 valence electrons. The minimum absolute atomic E-state index is 0.0754. The van der Waals surface area contributed by atoms with Crippen LogP contribution in [0.3, 0.4) is 0 Å². The SMILES string of the molecule is CNC(=O)c1ccccc1NC(=O)[C@@H]1CC(=O)N(c2ccc(C)cc2)C1. The topological polar surface area (TPSA) is 78.5 Å². The monoisotopic (exact) mass is 351 g/mol. The highest BCUT2D eigenvalue weighted by atomic mass is 16.2. The maximum absolute atomic E-state index is 12.6. The Bertz CT molecular complexity index is 846. The summed E-state index contributed by atoms with van der Waals surface area (Å²) in [6, 6.07) is 14.5. The van der Waals surface area contributed by atoms with Gasteiger partial charge in [0.15, 0.2) is 0 Å². The number of rotatable bonds is 4. The summed E-state index contributed by atoms with van der Waals surface area (Å²) in [6.45, 7) is 2.31. The average molecular weight is 351 g/mol. The number of nitrogens with zero attached hydrogens (tertiary/aromatic N) is 1. The van der Waals surface area contributed by atoms with E-state index < -0.39 is 5.92 Å². The van der Waals surface area contributed by atoms with Crippen LogP contribution in [0.15, 0.2) is 48.5 Å². The van der Waals surface area contributed by atoms with Crippen molar-refractivity contribution in [3.8, 4) is 0 Å². The van der Waals surface area contributed by atoms with Crippen LogP contribution in [0.2, 0.25) is 0 Å². The van der Waals surface area contributed by atoms with Crippen LogP contribution in [0.4, 0.5) is 11.4 Å². The van der Waals surface area contributed by atoms with Crippen molar-refractivity contribution in [2.24, 2.45) is 5.92 Å². The van der Waals surface area contributed by atoms with Gasteiger partial charge in [0, 0.05) is 25.7 Å². The molecule has 0 aliphatic carbocycles. The van der Waals surface area contributed by atoms with E-state index in [1.54, 1.807) is 29.2 Å². The maximum atomic E-state index is 12.6. The first-order valence-electron chi connectivity index (χ1n) is 8.48. The number of nitrogens with one attached hydrogen (secondary N) is 2. The van der Waals surface area contributed by atoms with Crippen LogP contribution in [0.1, 0.15) is 22.3 Å². The molecule has 0 unspecified atom stereocenters. The summed E-state index contributed by atoms with van der Waals surface area (Å²) < 4.78 is 0. The number of para-hydroxylation sites is 1. The first-order valence-corrected chi connectivity index (χ1v) is 8.48. The number of amides is 3. The maximum Gasteiger partial charge on any atom is 0.253 e. The van der Waals surface area contributed by atoms with E-state index in [1.165, 1.54) is 7.05 Å². The normalized spacial score (nSPS) is 16.5. The minimum atomic E-state index is -0.457. The molecule has 2 N–H and O–H groups in total. The Morgan fingerprint density at radius 3 is 2.46 bits per heavy atom. The Morgan fingerprint density at radius 1 is 1.08 bits per heavy atom. The lowest BCUT2D eigenvalue weighted by Crippen LogP contribution is -2.29. The fraction of sp³-hybridized carbons (Fsp3) is 0.250. The van der Waals surface area contributed by atoms with Crippen molar-refractivity contribution in [2.75, 3.05) is 23.8 Å². The molecule has 26 heavy (non-hydrogen) atoms. The van der Waals surface area contributed by atoms with E-state index in [4.69, 9.17) is 0 Å². The lowest BCUT2D eigenvalue weighted by molar-refractivity contribution is -0.122. The Morgan fingerprint density at radius 2 is 1.77 bits per heavy atom. The van der Waals surface area contributed by atoms with Gasteiger partial charge in [-0.3, -0.25) is 14.4 Å². The predicted octanol–water partition coefficient (Wildman–Crippen LogP) is 2.35. The smallest absolute Gasteiger partial charge is 0.253 e. The van der Waals surface area contributed by atoms with Crippen molar-refractivity contribution < 1.29 is 14.4 Å². The number of anilines is 2. The van der Waals surface area contributed by atoms with Crippen molar-refractivity contribution in [2.45, 2.75) is 13.3 Å². The quantitative estimate of drug-likeness (QED) is 0.887. The molecule has 3 amide bonds. The van der Waals surface area contributed by atoms with E-state index in [-0.39, 0.29) is 24.1 Å². The molecule has 6 heteroatoms. The summed E-state index contributed by atoms with van der Waals surface area (Å²) in [6.07, 6.45) is 0.155. The van der Waals surface area contributed by atoms with Crippen LogP contribution >= 0.6 is 0 Å². The van der Waals surface area contributed by atoms with Crippen LogP contribution in [0.25, 0.3) is 0 Å². The van der Waals surface area contributed by atoms with Gasteiger partial charge in [-0.05, 0) is 31.2 Å². The van der Waals surface area contributed by atoms with Gasteiger partial charge in [-0.15, -0.1) is 0 Å². The van der Waals surface area contributed by atoms with E-state index in [0.29, 0.717) is 17.8 Å². The third-order valence-electron chi connectivity index (χ3n) is 4.50. The fourth-order valence-electron chi connectivity index (χ4n) is 3.02. The number of hydrogen-bond donors (Lipinski definition) is 2. The van der Waals surface area contributed by atoms with Crippen LogP contribution in [0.5, 0.6) is 0 Å². The molecule has 2 aromatic rings. The van der Waals surface area contributed by atoms with E-state index in [1.807, 2.05) is 31.2 Å². The highest BCUT2D eigenvalue weighted by Crippen LogP contribution is 2.26. The molecule has 1 atom stereocenters. The zero-order valence-electron chi connectivity index (χ0n) is 14.8. The highest BCUT2D eigenvalue weighted by molar-refractivity contribution is 6.07. The van der Waals surface area contributed by atoms with Crippen LogP contribution in [0, 0.1) is 12.8 Å². The number of benzene rings is 2. The Kier molecular flexibility index (Phi) is 5.02. The van der Waals surface area contributed by atoms with E-state index >= 15 is 0 Å². The largest absolute Gasteiger partial charge is 0.355 e. The summed E-state index contributed by atoms with van der Waals surface area (Å²) in [5.74, 6) is -1.07. The van der Waals surface area contributed by atoms with Gasteiger partial charge < -0.3 is 15.5 Å². The molecule has 1 aliphatic rings. The van der Waals surface area contributed by atoms with E-state index in [0.717, 1.165) is 11.3 Å². The summed E-state index contributed by atoms with van der Waals surface area (Å²) >= 11 is 0. The Balaban J connectivity index is 1.73. The van der Waals surface area contributed by atoms with Gasteiger partial charge in [0.25, 0.3) is 5.91 Å². The number of carbonyl (C=O) groups is 3. The lowest BCUT2D eigenvalue weighted by Gasteiger charge is -2.17. The first-order chi connectivity index (χ1) is 12.5. The lowest BCUT2D eigenvalue weighted by atomic mass is 10.1. The number of aryl methyl sites for hydroxylation is 1. The van der Waals surface area contributed by atoms with Crippen molar-refractivity contribution in [1.82, 2.24) is 5.32 Å². The van der Waals surface area contributed by atoms with Crippen molar-refractivity contribution >= 4 is 29.1 Å². The second kappa shape index (κ2) is 7.39. The number of carbonyl (C=O) groups excluding carboxylic acids is 3. The van der Waals surface area contributed by atoms with Gasteiger partial charge >= 0.3 is 0 Å². The molecule has 1 heterocycles. The summed E-state index contributed by atoms with van der Waals surface area (Å²) in [5.41, 5.74) is 2.74. The average Bonchev–Trinajstić information content (AvgIpc) is 3.04. The van der Waals surface area contributed by atoms with Crippen molar-refractivity contribution in [3.05, 3.63) is 59.7 Å². The molecule has 2 aromatic carbocycles. The van der Waals surface area contributed by atoms with E-state index in [2.05, 4.69) is 10.6 Å². The first kappa shape index (κ1) is 17.7. The third kappa shape index (κ3) is 3.59. The Labute approximate surface area is 152 Å². The van der Waals surface area contributed by atoms with Crippen molar-refractivity contribution in [3.63, 3.8) is 0 Å². The van der Waals surface area contributed by atoms with Gasteiger partial charge in [0.2, 0.25) is 11.8 Å². The molecule has 0 bridgehead atoms. The second-order valence-corrected chi connectivity index (χ2v) is 6.35. The van der Waals surface area contributed by atoms with Crippen LogP contribution < -0.4 is 15.5 Å². The second-order valence-electron chi connectivity index (χ2n) is 6.35. The molecular weight excluding hydrogens is 330 g/mol. The standard InChI is InChI=1S/C20H21N3O3/c1-13-7-9-15(10-8-13)23-12-14(11-18(23)24)19(25)22-17-6-4-3-5-16(17)20(26)21-2/h3-10,14H,11-12H2,1-2H3,(H,21,26)(H,22,25)/t14-/m1/s1. The van der Waals surface area contributed by atoms with Crippen LogP contribution in [-0.4, -0.2) is 31.3 Å². The zero-order chi connectivity index (χ0) is 18.7. The minimum Gasteiger partial charge on any atom is -0.355 e. The molecule has 0 aromatic heterocycles. The van der Waals surface area contributed by atoms with E-state index in [9.17, 15) is 14.4 Å². The summed E-state index contributed by atoms with van der Waals surface area (Å²) in [7, 11) is 1.54. The molecular formula is C20H21N3O3. The molecule has 1 aliphatic heterocycles. The Hall–Kier alpha value is -3.15. The van der Waals surface area contributed by atoms with Crippen LogP contribution in [-0.2, 0) is 9.59 Å². The molecule has 1 fully saturated rings. The summed E-state index contributed by atoms with van der Waals surface area (Å²) in [5, 5.41) is 5.34. The molecule has 0 radical (unpaired) electrons. The van der Waals surface area contributed by atoms with Gasteiger partial charge in [-0.2, -0.15) is 0 Å². The molecule has 6 nitrogen and oxygen atoms in total. The molecule has 3 rings (SSSR count). The van der Waals surface area contributed by atoms with Gasteiger partial charge in [0.1, 0.15) is 0 Å². The molecule has 0 saturated carbocycles. The zero-order valence-corrected chi connectivity index (χ0v) is 14.8. The van der Waals surface area contributed by atoms with Gasteiger partial charge in [0.05, 0.1) is 17.2 Å². The fourth-order valence-corrected chi connectivity index (χ4v) is 3.02. The predicted molar refractivity (Wildman–Crippen MR) is 100 cm³/mol. The molecule has 0 spiro atoms. The highest BCUT2D eigenvalue weighted by Gasteiger charge is 2.35. The van der Waals surface area contributed by atoms with Crippen molar-refractivity contribution in [1.29, 1.82) is 0 Å². The number of hydrogen-bond acceptors (Lipinski definition) is 3. The third-order valence-corrected chi connectivity index (χ3v) is 4.50.